The average Bonchev–Trinajstić information content (AvgIpc) is 2.72. The van der Waals surface area contributed by atoms with Gasteiger partial charge < -0.3 is 5.11 Å². The third kappa shape index (κ3) is 2.61. The zero-order valence-corrected chi connectivity index (χ0v) is 11.1. The summed E-state index contributed by atoms with van der Waals surface area (Å²) in [5.41, 5.74) is 0.338. The van der Waals surface area contributed by atoms with E-state index in [-0.39, 0.29) is 5.60 Å². The van der Waals surface area contributed by atoms with Gasteiger partial charge >= 0.3 is 0 Å². The summed E-state index contributed by atoms with van der Waals surface area (Å²) in [6.45, 7) is 4.51. The van der Waals surface area contributed by atoms with E-state index in [2.05, 4.69) is 13.8 Å². The molecule has 2 aliphatic carbocycles. The molecule has 1 spiro atoms. The van der Waals surface area contributed by atoms with Gasteiger partial charge in [0.2, 0.25) is 0 Å². The molecule has 16 heavy (non-hydrogen) atoms. The summed E-state index contributed by atoms with van der Waals surface area (Å²) in [6, 6.07) is 0. The SMILES string of the molecule is CCC(C)CC1(O)CCC2(CCCC2)CC1. The van der Waals surface area contributed by atoms with Gasteiger partial charge in [-0.15, -0.1) is 0 Å². The van der Waals surface area contributed by atoms with Gasteiger partial charge in [0.25, 0.3) is 0 Å². The number of rotatable bonds is 3. The van der Waals surface area contributed by atoms with Gasteiger partial charge in [0.05, 0.1) is 5.60 Å². The Balaban J connectivity index is 1.87. The Labute approximate surface area is 101 Å². The minimum atomic E-state index is -0.316. The molecule has 1 N–H and O–H groups in total. The monoisotopic (exact) mass is 224 g/mol. The number of aliphatic hydroxyl groups is 1. The quantitative estimate of drug-likeness (QED) is 0.758. The molecule has 0 aromatic rings. The van der Waals surface area contributed by atoms with Crippen molar-refractivity contribution in [2.45, 2.75) is 83.7 Å². The lowest BCUT2D eigenvalue weighted by Crippen LogP contribution is -2.39. The molecule has 0 aromatic carbocycles. The molecule has 1 unspecified atom stereocenters. The normalized spacial score (nSPS) is 29.4. The Kier molecular flexibility index (Phi) is 3.63. The second kappa shape index (κ2) is 4.68. The first-order chi connectivity index (χ1) is 7.58. The van der Waals surface area contributed by atoms with E-state index < -0.39 is 0 Å². The average molecular weight is 224 g/mol. The highest BCUT2D eigenvalue weighted by molar-refractivity contribution is 4.95. The Morgan fingerprint density at radius 2 is 1.56 bits per heavy atom. The Morgan fingerprint density at radius 1 is 1.00 bits per heavy atom. The highest BCUT2D eigenvalue weighted by Crippen LogP contribution is 2.52. The first-order valence-electron chi connectivity index (χ1n) is 7.30. The molecule has 0 amide bonds. The molecular weight excluding hydrogens is 196 g/mol. The molecule has 1 nitrogen and oxygen atoms in total. The summed E-state index contributed by atoms with van der Waals surface area (Å²) >= 11 is 0. The van der Waals surface area contributed by atoms with Crippen LogP contribution in [0.5, 0.6) is 0 Å². The van der Waals surface area contributed by atoms with Gasteiger partial charge in [0.1, 0.15) is 0 Å². The van der Waals surface area contributed by atoms with Crippen molar-refractivity contribution in [3.63, 3.8) is 0 Å². The summed E-state index contributed by atoms with van der Waals surface area (Å²) in [6.07, 6.45) is 12.7. The van der Waals surface area contributed by atoms with Crippen molar-refractivity contribution in [1.82, 2.24) is 0 Å². The molecule has 1 atom stereocenters. The summed E-state index contributed by atoms with van der Waals surface area (Å²) in [4.78, 5) is 0. The van der Waals surface area contributed by atoms with Crippen LogP contribution < -0.4 is 0 Å². The van der Waals surface area contributed by atoms with Crippen molar-refractivity contribution in [2.75, 3.05) is 0 Å². The van der Waals surface area contributed by atoms with Crippen LogP contribution in [0.1, 0.15) is 78.1 Å². The lowest BCUT2D eigenvalue weighted by molar-refractivity contribution is -0.0483. The van der Waals surface area contributed by atoms with Crippen LogP contribution in [-0.4, -0.2) is 10.7 Å². The third-order valence-electron chi connectivity index (χ3n) is 5.33. The van der Waals surface area contributed by atoms with Gasteiger partial charge in [-0.05, 0) is 56.3 Å². The fourth-order valence-electron chi connectivity index (χ4n) is 3.87. The molecule has 0 aliphatic heterocycles. The smallest absolute Gasteiger partial charge is 0.0650 e. The molecule has 0 saturated heterocycles. The van der Waals surface area contributed by atoms with Crippen LogP contribution in [-0.2, 0) is 0 Å². The Hall–Kier alpha value is -0.0400. The predicted octanol–water partition coefficient (Wildman–Crippen LogP) is 4.29. The zero-order valence-electron chi connectivity index (χ0n) is 11.1. The van der Waals surface area contributed by atoms with Gasteiger partial charge in [-0.2, -0.15) is 0 Å². The summed E-state index contributed by atoms with van der Waals surface area (Å²) < 4.78 is 0. The van der Waals surface area contributed by atoms with Gasteiger partial charge in [-0.1, -0.05) is 33.1 Å². The van der Waals surface area contributed by atoms with Crippen molar-refractivity contribution in [1.29, 1.82) is 0 Å². The summed E-state index contributed by atoms with van der Waals surface area (Å²) in [7, 11) is 0. The van der Waals surface area contributed by atoms with E-state index >= 15 is 0 Å². The van der Waals surface area contributed by atoms with Crippen LogP contribution in [0.2, 0.25) is 0 Å². The van der Waals surface area contributed by atoms with Crippen molar-refractivity contribution in [3.8, 4) is 0 Å². The van der Waals surface area contributed by atoms with Crippen LogP contribution in [0, 0.1) is 11.3 Å². The van der Waals surface area contributed by atoms with Crippen LogP contribution in [0.3, 0.4) is 0 Å². The Morgan fingerprint density at radius 3 is 2.06 bits per heavy atom. The highest BCUT2D eigenvalue weighted by atomic mass is 16.3. The lowest BCUT2D eigenvalue weighted by atomic mass is 9.66. The van der Waals surface area contributed by atoms with Crippen molar-refractivity contribution in [3.05, 3.63) is 0 Å². The largest absolute Gasteiger partial charge is 0.390 e. The number of hydrogen-bond donors (Lipinski definition) is 1. The van der Waals surface area contributed by atoms with Crippen molar-refractivity contribution >= 4 is 0 Å². The first kappa shape index (κ1) is 12.4. The summed E-state index contributed by atoms with van der Waals surface area (Å²) in [5.74, 6) is 0.683. The van der Waals surface area contributed by atoms with E-state index in [1.54, 1.807) is 0 Å². The topological polar surface area (TPSA) is 20.2 Å². The molecule has 2 fully saturated rings. The van der Waals surface area contributed by atoms with E-state index in [9.17, 15) is 5.11 Å². The first-order valence-corrected chi connectivity index (χ1v) is 7.30. The molecule has 0 aromatic heterocycles. The highest BCUT2D eigenvalue weighted by Gasteiger charge is 2.43. The van der Waals surface area contributed by atoms with Gasteiger partial charge in [-0.3, -0.25) is 0 Å². The third-order valence-corrected chi connectivity index (χ3v) is 5.33. The molecule has 94 valence electrons. The number of hydrogen-bond acceptors (Lipinski definition) is 1. The van der Waals surface area contributed by atoms with Crippen molar-refractivity contribution < 1.29 is 5.11 Å². The van der Waals surface area contributed by atoms with Crippen LogP contribution >= 0.6 is 0 Å². The minimum Gasteiger partial charge on any atom is -0.390 e. The van der Waals surface area contributed by atoms with Crippen molar-refractivity contribution in [2.24, 2.45) is 11.3 Å². The molecular formula is C15H28O. The predicted molar refractivity (Wildman–Crippen MR) is 68.4 cm³/mol. The fourth-order valence-corrected chi connectivity index (χ4v) is 3.87. The standard InChI is InChI=1S/C15H28O/c1-3-13(2)12-15(16)10-8-14(9-11-15)6-4-5-7-14/h13,16H,3-12H2,1-2H3. The molecule has 2 aliphatic rings. The molecule has 2 rings (SSSR count). The van der Waals surface area contributed by atoms with E-state index in [4.69, 9.17) is 0 Å². The second-order valence-electron chi connectivity index (χ2n) is 6.65. The fraction of sp³-hybridized carbons (Fsp3) is 1.00. The van der Waals surface area contributed by atoms with E-state index in [0.717, 1.165) is 19.3 Å². The summed E-state index contributed by atoms with van der Waals surface area (Å²) in [5, 5.41) is 10.6. The molecule has 0 radical (unpaired) electrons. The lowest BCUT2D eigenvalue weighted by Gasteiger charge is -2.43. The van der Waals surface area contributed by atoms with Gasteiger partial charge in [-0.25, -0.2) is 0 Å². The van der Waals surface area contributed by atoms with E-state index in [1.165, 1.54) is 44.9 Å². The molecule has 0 heterocycles. The Bertz CT molecular complexity index is 218. The van der Waals surface area contributed by atoms with E-state index in [1.807, 2.05) is 0 Å². The minimum absolute atomic E-state index is 0.316. The maximum Gasteiger partial charge on any atom is 0.0650 e. The second-order valence-corrected chi connectivity index (χ2v) is 6.65. The van der Waals surface area contributed by atoms with Gasteiger partial charge in [0, 0.05) is 0 Å². The molecule has 2 saturated carbocycles. The molecule has 0 bridgehead atoms. The maximum absolute atomic E-state index is 10.6. The molecule has 1 heteroatoms. The van der Waals surface area contributed by atoms with E-state index in [0.29, 0.717) is 11.3 Å². The van der Waals surface area contributed by atoms with Crippen LogP contribution in [0.4, 0.5) is 0 Å². The maximum atomic E-state index is 10.6. The zero-order chi connectivity index (χ0) is 11.6. The van der Waals surface area contributed by atoms with Crippen LogP contribution in [0.15, 0.2) is 0 Å². The van der Waals surface area contributed by atoms with Crippen LogP contribution in [0.25, 0.3) is 0 Å². The van der Waals surface area contributed by atoms with Gasteiger partial charge in [0.15, 0.2) is 0 Å².